The molecule has 3 aliphatic rings. The summed E-state index contributed by atoms with van der Waals surface area (Å²) in [6, 6.07) is 14.3. The minimum Gasteiger partial charge on any atom is -0.497 e. The first-order valence-corrected chi connectivity index (χ1v) is 12.4. The summed E-state index contributed by atoms with van der Waals surface area (Å²) in [5.41, 5.74) is 3.70. The lowest BCUT2D eigenvalue weighted by Gasteiger charge is -2.50. The smallest absolute Gasteiger partial charge is 0.211 e. The third-order valence-corrected chi connectivity index (χ3v) is 7.83. The number of rotatable bonds is 3. The van der Waals surface area contributed by atoms with Crippen molar-refractivity contribution < 1.29 is 17.9 Å². The summed E-state index contributed by atoms with van der Waals surface area (Å²) < 4.78 is 37.6. The SMILES string of the molecule is COc1cccc(C2=NN3C(C2)c2cc(C)ccc2OC32CCN(S(C)(=O)=O)CC2)c1. The standard InChI is InChI=1S/C23H27N3O4S/c1-16-7-8-22-19(13-16)21-15-20(17-5-4-6-18(14-17)29-2)24-26(21)23(30-22)9-11-25(12-10-23)31(3,27)28/h4-8,13-14,21H,9-12,15H2,1-3H3. The first-order valence-electron chi connectivity index (χ1n) is 10.5. The van der Waals surface area contributed by atoms with Crippen LogP contribution in [0.25, 0.3) is 0 Å². The van der Waals surface area contributed by atoms with E-state index in [1.165, 1.54) is 16.1 Å². The monoisotopic (exact) mass is 441 g/mol. The van der Waals surface area contributed by atoms with E-state index in [0.29, 0.717) is 25.9 Å². The van der Waals surface area contributed by atoms with Crippen molar-refractivity contribution in [2.24, 2.45) is 5.10 Å². The quantitative estimate of drug-likeness (QED) is 0.731. The van der Waals surface area contributed by atoms with Crippen LogP contribution in [0.3, 0.4) is 0 Å². The Morgan fingerprint density at radius 2 is 1.94 bits per heavy atom. The molecule has 5 rings (SSSR count). The Labute approximate surface area is 183 Å². The molecule has 2 aromatic carbocycles. The molecule has 0 bridgehead atoms. The topological polar surface area (TPSA) is 71.4 Å². The van der Waals surface area contributed by atoms with E-state index in [9.17, 15) is 8.42 Å². The van der Waals surface area contributed by atoms with Gasteiger partial charge in [-0.3, -0.25) is 0 Å². The molecule has 1 fully saturated rings. The molecule has 1 spiro atoms. The van der Waals surface area contributed by atoms with Gasteiger partial charge in [-0.1, -0.05) is 29.8 Å². The lowest BCUT2D eigenvalue weighted by molar-refractivity contribution is -0.143. The van der Waals surface area contributed by atoms with Crippen LogP contribution in [0.5, 0.6) is 11.5 Å². The van der Waals surface area contributed by atoms with E-state index < -0.39 is 15.7 Å². The van der Waals surface area contributed by atoms with Gasteiger partial charge in [0.25, 0.3) is 0 Å². The summed E-state index contributed by atoms with van der Waals surface area (Å²) in [5, 5.41) is 7.15. The van der Waals surface area contributed by atoms with E-state index in [1.54, 1.807) is 7.11 Å². The van der Waals surface area contributed by atoms with Crippen molar-refractivity contribution in [2.45, 2.75) is 38.0 Å². The Bertz CT molecular complexity index is 1150. The van der Waals surface area contributed by atoms with Gasteiger partial charge in [0, 0.05) is 43.5 Å². The number of hydrogen-bond acceptors (Lipinski definition) is 6. The average molecular weight is 442 g/mol. The molecule has 8 heteroatoms. The average Bonchev–Trinajstić information content (AvgIpc) is 3.21. The second-order valence-electron chi connectivity index (χ2n) is 8.59. The van der Waals surface area contributed by atoms with Crippen molar-refractivity contribution in [1.29, 1.82) is 0 Å². The first-order chi connectivity index (χ1) is 14.8. The number of fused-ring (bicyclic) bond motifs is 4. The van der Waals surface area contributed by atoms with Gasteiger partial charge in [0.1, 0.15) is 11.5 Å². The van der Waals surface area contributed by atoms with Crippen LogP contribution in [0.4, 0.5) is 0 Å². The van der Waals surface area contributed by atoms with E-state index in [4.69, 9.17) is 14.6 Å². The summed E-state index contributed by atoms with van der Waals surface area (Å²) in [4.78, 5) is 0. The van der Waals surface area contributed by atoms with Crippen LogP contribution in [0.1, 0.15) is 42.0 Å². The number of aryl methyl sites for hydroxylation is 1. The van der Waals surface area contributed by atoms with Crippen LogP contribution in [0, 0.1) is 6.92 Å². The van der Waals surface area contributed by atoms with Crippen molar-refractivity contribution >= 4 is 15.7 Å². The van der Waals surface area contributed by atoms with E-state index in [0.717, 1.165) is 34.8 Å². The van der Waals surface area contributed by atoms with Gasteiger partial charge < -0.3 is 9.47 Å². The molecule has 3 heterocycles. The maximum atomic E-state index is 12.1. The van der Waals surface area contributed by atoms with E-state index >= 15 is 0 Å². The molecular weight excluding hydrogens is 414 g/mol. The molecule has 0 aromatic heterocycles. The molecule has 0 radical (unpaired) electrons. The molecule has 0 N–H and O–H groups in total. The molecule has 1 atom stereocenters. The van der Waals surface area contributed by atoms with Gasteiger partial charge in [0.05, 0.1) is 25.1 Å². The lowest BCUT2D eigenvalue weighted by Crippen LogP contribution is -2.59. The van der Waals surface area contributed by atoms with Crippen molar-refractivity contribution in [2.75, 3.05) is 26.5 Å². The summed E-state index contributed by atoms with van der Waals surface area (Å²) in [6.07, 6.45) is 3.17. The Kier molecular flexibility index (Phi) is 4.75. The number of hydrazone groups is 1. The van der Waals surface area contributed by atoms with Crippen molar-refractivity contribution in [3.63, 3.8) is 0 Å². The lowest BCUT2D eigenvalue weighted by atomic mass is 9.90. The van der Waals surface area contributed by atoms with Crippen LogP contribution in [-0.4, -0.2) is 55.6 Å². The number of hydrogen-bond donors (Lipinski definition) is 0. The molecule has 1 saturated heterocycles. The molecule has 0 amide bonds. The van der Waals surface area contributed by atoms with Gasteiger partial charge in [-0.2, -0.15) is 5.10 Å². The molecule has 31 heavy (non-hydrogen) atoms. The van der Waals surface area contributed by atoms with Gasteiger partial charge in [-0.25, -0.2) is 17.7 Å². The number of nitrogens with zero attached hydrogens (tertiary/aromatic N) is 3. The normalized spacial score (nSPS) is 22.5. The Balaban J connectivity index is 1.55. The largest absolute Gasteiger partial charge is 0.497 e. The van der Waals surface area contributed by atoms with E-state index in [2.05, 4.69) is 30.1 Å². The van der Waals surface area contributed by atoms with Gasteiger partial charge >= 0.3 is 0 Å². The fourth-order valence-electron chi connectivity index (χ4n) is 4.88. The number of piperidine rings is 1. The number of ether oxygens (including phenoxy) is 2. The van der Waals surface area contributed by atoms with E-state index in [1.807, 2.05) is 24.3 Å². The molecule has 164 valence electrons. The highest BCUT2D eigenvalue weighted by Gasteiger charge is 2.52. The fourth-order valence-corrected chi connectivity index (χ4v) is 5.72. The summed E-state index contributed by atoms with van der Waals surface area (Å²) in [7, 11) is -1.56. The predicted molar refractivity (Wildman–Crippen MR) is 119 cm³/mol. The number of methoxy groups -OCH3 is 1. The minimum atomic E-state index is -3.22. The Hall–Kier alpha value is -2.58. The molecule has 2 aromatic rings. The Morgan fingerprint density at radius 1 is 1.16 bits per heavy atom. The zero-order chi connectivity index (χ0) is 21.8. The van der Waals surface area contributed by atoms with E-state index in [-0.39, 0.29) is 6.04 Å². The highest BCUT2D eigenvalue weighted by molar-refractivity contribution is 7.88. The maximum absolute atomic E-state index is 12.1. The predicted octanol–water partition coefficient (Wildman–Crippen LogP) is 3.30. The van der Waals surface area contributed by atoms with Crippen molar-refractivity contribution in [1.82, 2.24) is 9.31 Å². The number of sulfonamides is 1. The van der Waals surface area contributed by atoms with Gasteiger partial charge in [-0.05, 0) is 25.1 Å². The third kappa shape index (κ3) is 3.47. The van der Waals surface area contributed by atoms with Crippen molar-refractivity contribution in [3.8, 4) is 11.5 Å². The molecule has 3 aliphatic heterocycles. The minimum absolute atomic E-state index is 0.0645. The molecular formula is C23H27N3O4S. The highest BCUT2D eigenvalue weighted by atomic mass is 32.2. The third-order valence-electron chi connectivity index (χ3n) is 6.53. The van der Waals surface area contributed by atoms with Gasteiger partial charge in [0.2, 0.25) is 15.7 Å². The highest BCUT2D eigenvalue weighted by Crippen LogP contribution is 2.50. The number of benzene rings is 2. The van der Waals surface area contributed by atoms with Gasteiger partial charge in [-0.15, -0.1) is 0 Å². The van der Waals surface area contributed by atoms with Crippen molar-refractivity contribution in [3.05, 3.63) is 59.2 Å². The summed E-state index contributed by atoms with van der Waals surface area (Å²) >= 11 is 0. The second kappa shape index (κ2) is 7.24. The summed E-state index contributed by atoms with van der Waals surface area (Å²) in [6.45, 7) is 2.93. The summed E-state index contributed by atoms with van der Waals surface area (Å²) in [5.74, 6) is 1.68. The molecule has 1 unspecified atom stereocenters. The zero-order valence-electron chi connectivity index (χ0n) is 18.0. The zero-order valence-corrected chi connectivity index (χ0v) is 18.9. The molecule has 0 saturated carbocycles. The molecule has 0 aliphatic carbocycles. The maximum Gasteiger partial charge on any atom is 0.211 e. The fraction of sp³-hybridized carbons (Fsp3) is 0.435. The van der Waals surface area contributed by atoms with Crippen LogP contribution in [0.15, 0.2) is 47.6 Å². The van der Waals surface area contributed by atoms with Crippen LogP contribution in [-0.2, 0) is 10.0 Å². The Morgan fingerprint density at radius 3 is 2.65 bits per heavy atom. The van der Waals surface area contributed by atoms with Gasteiger partial charge in [0.15, 0.2) is 0 Å². The van der Waals surface area contributed by atoms with Crippen LogP contribution in [0.2, 0.25) is 0 Å². The van der Waals surface area contributed by atoms with Crippen LogP contribution >= 0.6 is 0 Å². The van der Waals surface area contributed by atoms with Crippen LogP contribution < -0.4 is 9.47 Å². The first kappa shape index (κ1) is 20.3. The second-order valence-corrected chi connectivity index (χ2v) is 10.6. The molecule has 7 nitrogen and oxygen atoms in total.